The molecule has 1 aliphatic carbocycles. The number of carbonyl (C=O) groups is 4. The fraction of sp³-hybridized carbons (Fsp3) is 0.429. The van der Waals surface area contributed by atoms with Crippen molar-refractivity contribution >= 4 is 23.7 Å². The van der Waals surface area contributed by atoms with E-state index in [0.29, 0.717) is 17.1 Å². The zero-order valence-electron chi connectivity index (χ0n) is 20.9. The minimum absolute atomic E-state index is 0.0526. The first-order chi connectivity index (χ1) is 17.8. The van der Waals surface area contributed by atoms with Crippen LogP contribution in [0.2, 0.25) is 0 Å². The van der Waals surface area contributed by atoms with Crippen LogP contribution in [0.1, 0.15) is 50.2 Å². The first kappa shape index (κ1) is 26.2. The average molecular weight is 508 g/mol. The Balaban J connectivity index is 1.71. The molecule has 9 heteroatoms. The first-order valence-electron chi connectivity index (χ1n) is 12.7. The van der Waals surface area contributed by atoms with Gasteiger partial charge in [-0.15, -0.1) is 0 Å². The molecule has 1 saturated carbocycles. The number of carboxylic acid groups (broad SMARTS) is 1. The number of carboxylic acids is 1. The molecule has 9 nitrogen and oxygen atoms in total. The summed E-state index contributed by atoms with van der Waals surface area (Å²) in [6.07, 6.45) is 4.69. The van der Waals surface area contributed by atoms with E-state index in [9.17, 15) is 24.3 Å². The number of nitrogens with one attached hydrogen (secondary N) is 3. The predicted octanol–water partition coefficient (Wildman–Crippen LogP) is 2.72. The van der Waals surface area contributed by atoms with Crippen molar-refractivity contribution in [3.8, 4) is 11.5 Å². The second kappa shape index (κ2) is 11.9. The average Bonchev–Trinajstić information content (AvgIpc) is 2.87. The number of rotatable bonds is 3. The fourth-order valence-corrected chi connectivity index (χ4v) is 5.07. The van der Waals surface area contributed by atoms with Crippen molar-refractivity contribution in [2.24, 2.45) is 5.92 Å². The Morgan fingerprint density at radius 1 is 0.892 bits per heavy atom. The van der Waals surface area contributed by atoms with E-state index in [2.05, 4.69) is 16.0 Å². The summed E-state index contributed by atoms with van der Waals surface area (Å²) in [5.41, 5.74) is 1.50. The van der Waals surface area contributed by atoms with E-state index in [1.54, 1.807) is 36.4 Å². The van der Waals surface area contributed by atoms with Gasteiger partial charge in [-0.1, -0.05) is 43.5 Å². The van der Waals surface area contributed by atoms with Crippen LogP contribution in [0.15, 0.2) is 48.5 Å². The highest BCUT2D eigenvalue weighted by molar-refractivity contribution is 5.93. The Morgan fingerprint density at radius 3 is 2.30 bits per heavy atom. The number of aliphatic carboxylic acids is 1. The molecule has 0 aromatic heterocycles. The Kier molecular flexibility index (Phi) is 8.43. The number of benzene rings is 2. The molecule has 1 fully saturated rings. The molecule has 0 spiro atoms. The molecule has 4 bridgehead atoms. The lowest BCUT2D eigenvalue weighted by molar-refractivity contribution is -0.142. The molecule has 37 heavy (non-hydrogen) atoms. The van der Waals surface area contributed by atoms with E-state index in [1.165, 1.54) is 6.92 Å². The number of ether oxygens (including phenoxy) is 1. The van der Waals surface area contributed by atoms with Gasteiger partial charge in [0.1, 0.15) is 29.6 Å². The third-order valence-electron chi connectivity index (χ3n) is 6.95. The summed E-state index contributed by atoms with van der Waals surface area (Å²) < 4.78 is 5.94. The maximum atomic E-state index is 13.5. The van der Waals surface area contributed by atoms with Crippen molar-refractivity contribution in [2.45, 2.75) is 70.0 Å². The van der Waals surface area contributed by atoms with Gasteiger partial charge in [-0.2, -0.15) is 0 Å². The summed E-state index contributed by atoms with van der Waals surface area (Å²) in [5, 5.41) is 18.1. The monoisotopic (exact) mass is 507 g/mol. The molecule has 0 saturated heterocycles. The van der Waals surface area contributed by atoms with Crippen LogP contribution in [0.25, 0.3) is 0 Å². The standard InChI is InChI=1S/C28H33N3O6/c1-17(32)29-23-15-18-10-12-21(13-11-18)37-22-9-5-6-19(14-22)16-24(28(35)36)30-27(34)25(31-26(23)33)20-7-3-2-4-8-20/h5-6,9-14,20,23-25H,2-4,7-8,15-16H2,1H3,(H,29,32)(H,30,34)(H,31,33)(H,35,36)/t23-,24+,25+/m0/s1. The molecule has 3 aliphatic rings. The van der Waals surface area contributed by atoms with E-state index < -0.39 is 35.9 Å². The Labute approximate surface area is 216 Å². The number of fused-ring (bicyclic) bond motifs is 10. The van der Waals surface area contributed by atoms with Gasteiger partial charge in [-0.3, -0.25) is 14.4 Å². The third kappa shape index (κ3) is 7.09. The van der Waals surface area contributed by atoms with E-state index >= 15 is 0 Å². The van der Waals surface area contributed by atoms with Gasteiger partial charge in [0.2, 0.25) is 17.7 Å². The van der Waals surface area contributed by atoms with Crippen LogP contribution in [-0.2, 0) is 32.0 Å². The molecule has 2 aromatic rings. The number of carbonyl (C=O) groups excluding carboxylic acids is 3. The van der Waals surface area contributed by atoms with Crippen LogP contribution in [0.3, 0.4) is 0 Å². The lowest BCUT2D eigenvalue weighted by Gasteiger charge is -2.32. The van der Waals surface area contributed by atoms with Crippen molar-refractivity contribution < 1.29 is 29.0 Å². The van der Waals surface area contributed by atoms with E-state index in [1.807, 2.05) is 12.1 Å². The molecule has 3 atom stereocenters. The number of hydrogen-bond acceptors (Lipinski definition) is 5. The molecule has 5 rings (SSSR count). The maximum Gasteiger partial charge on any atom is 0.326 e. The van der Waals surface area contributed by atoms with Crippen LogP contribution in [0.5, 0.6) is 11.5 Å². The van der Waals surface area contributed by atoms with Gasteiger partial charge >= 0.3 is 5.97 Å². The zero-order chi connectivity index (χ0) is 26.4. The minimum Gasteiger partial charge on any atom is -0.480 e. The summed E-state index contributed by atoms with van der Waals surface area (Å²) in [7, 11) is 0. The summed E-state index contributed by atoms with van der Waals surface area (Å²) in [6, 6.07) is 11.3. The van der Waals surface area contributed by atoms with Crippen LogP contribution in [-0.4, -0.2) is 46.9 Å². The fourth-order valence-electron chi connectivity index (χ4n) is 5.07. The normalized spacial score (nSPS) is 23.2. The molecule has 0 unspecified atom stereocenters. The third-order valence-corrected chi connectivity index (χ3v) is 6.95. The highest BCUT2D eigenvalue weighted by Gasteiger charge is 2.35. The molecule has 2 aromatic carbocycles. The molecule has 196 valence electrons. The van der Waals surface area contributed by atoms with Gasteiger partial charge in [0.25, 0.3) is 0 Å². The van der Waals surface area contributed by atoms with Gasteiger partial charge in [0, 0.05) is 19.8 Å². The van der Waals surface area contributed by atoms with E-state index in [-0.39, 0.29) is 24.7 Å². The Bertz CT molecular complexity index is 1140. The summed E-state index contributed by atoms with van der Waals surface area (Å²) >= 11 is 0. The highest BCUT2D eigenvalue weighted by atomic mass is 16.5. The van der Waals surface area contributed by atoms with Crippen LogP contribution >= 0.6 is 0 Å². The van der Waals surface area contributed by atoms with Crippen molar-refractivity contribution in [3.63, 3.8) is 0 Å². The number of amides is 3. The molecular weight excluding hydrogens is 474 g/mol. The highest BCUT2D eigenvalue weighted by Crippen LogP contribution is 2.28. The quantitative estimate of drug-likeness (QED) is 0.505. The Morgan fingerprint density at radius 2 is 1.62 bits per heavy atom. The molecule has 2 aliphatic heterocycles. The molecule has 2 heterocycles. The van der Waals surface area contributed by atoms with Crippen LogP contribution in [0, 0.1) is 5.92 Å². The van der Waals surface area contributed by atoms with Crippen molar-refractivity contribution in [2.75, 3.05) is 0 Å². The summed E-state index contributed by atoms with van der Waals surface area (Å²) in [6.45, 7) is 1.34. The lowest BCUT2D eigenvalue weighted by atomic mass is 9.83. The first-order valence-corrected chi connectivity index (χ1v) is 12.7. The predicted molar refractivity (Wildman–Crippen MR) is 136 cm³/mol. The number of hydrogen-bond donors (Lipinski definition) is 4. The van der Waals surface area contributed by atoms with Crippen LogP contribution in [0.4, 0.5) is 0 Å². The SMILES string of the molecule is CC(=O)N[C@H]1Cc2ccc(cc2)Oc2cccc(c2)C[C@H](C(=O)O)NC(=O)[C@@H](C2CCCCC2)NC1=O. The van der Waals surface area contributed by atoms with Gasteiger partial charge in [0.15, 0.2) is 0 Å². The Hall–Kier alpha value is -3.88. The van der Waals surface area contributed by atoms with Crippen molar-refractivity contribution in [1.82, 2.24) is 16.0 Å². The second-order valence-electron chi connectivity index (χ2n) is 9.84. The van der Waals surface area contributed by atoms with E-state index in [4.69, 9.17) is 4.74 Å². The summed E-state index contributed by atoms with van der Waals surface area (Å²) in [4.78, 5) is 50.9. The van der Waals surface area contributed by atoms with Gasteiger partial charge in [-0.25, -0.2) is 4.79 Å². The second-order valence-corrected chi connectivity index (χ2v) is 9.84. The van der Waals surface area contributed by atoms with E-state index in [0.717, 1.165) is 37.7 Å². The summed E-state index contributed by atoms with van der Waals surface area (Å²) in [5.74, 6) is -1.56. The molecule has 4 N–H and O–H groups in total. The minimum atomic E-state index is -1.19. The van der Waals surface area contributed by atoms with Crippen molar-refractivity contribution in [3.05, 3.63) is 59.7 Å². The zero-order valence-corrected chi connectivity index (χ0v) is 20.9. The van der Waals surface area contributed by atoms with Gasteiger partial charge < -0.3 is 25.8 Å². The molecule has 3 amide bonds. The topological polar surface area (TPSA) is 134 Å². The largest absolute Gasteiger partial charge is 0.480 e. The van der Waals surface area contributed by atoms with Crippen molar-refractivity contribution in [1.29, 1.82) is 0 Å². The van der Waals surface area contributed by atoms with Gasteiger partial charge in [0.05, 0.1) is 0 Å². The van der Waals surface area contributed by atoms with Gasteiger partial charge in [-0.05, 0) is 54.2 Å². The van der Waals surface area contributed by atoms with Crippen LogP contribution < -0.4 is 20.7 Å². The molecular formula is C28H33N3O6. The molecule has 0 radical (unpaired) electrons. The smallest absolute Gasteiger partial charge is 0.326 e. The maximum absolute atomic E-state index is 13.5. The lowest BCUT2D eigenvalue weighted by Crippen LogP contribution is -2.58.